The van der Waals surface area contributed by atoms with E-state index in [2.05, 4.69) is 5.32 Å². The van der Waals surface area contributed by atoms with E-state index in [1.165, 1.54) is 0 Å². The second-order valence-corrected chi connectivity index (χ2v) is 6.22. The number of hydrogen-bond donors (Lipinski definition) is 2. The number of carbonyl (C=O) groups excluding carboxylic acids is 2. The van der Waals surface area contributed by atoms with E-state index >= 15 is 0 Å². The number of hydrogen-bond acceptors (Lipinski definition) is 3. The highest BCUT2D eigenvalue weighted by molar-refractivity contribution is 5.80. The monoisotopic (exact) mass is 295 g/mol. The van der Waals surface area contributed by atoms with Gasteiger partial charge in [-0.05, 0) is 25.2 Å². The van der Waals surface area contributed by atoms with Gasteiger partial charge in [0.2, 0.25) is 5.91 Å². The van der Waals surface area contributed by atoms with Crippen LogP contribution in [0.2, 0.25) is 0 Å². The summed E-state index contributed by atoms with van der Waals surface area (Å²) >= 11 is 0. The third kappa shape index (κ3) is 3.11. The maximum Gasteiger partial charge on any atom is 0.317 e. The predicted octanol–water partition coefficient (Wildman–Crippen LogP) is 0.256. The molecule has 7 heteroatoms. The number of nitrogens with one attached hydrogen (secondary N) is 1. The van der Waals surface area contributed by atoms with Crippen LogP contribution >= 0.6 is 0 Å². The first-order valence-corrected chi connectivity index (χ1v) is 7.61. The van der Waals surface area contributed by atoms with Crippen molar-refractivity contribution >= 4 is 17.9 Å². The van der Waals surface area contributed by atoms with Crippen LogP contribution in [0.1, 0.15) is 32.1 Å². The standard InChI is InChI=1S/C14H21N3O4/c18-12-4-3-10-8-16(5-6-17(10)12)14(21)15-11(7-13(19)20)9-1-2-9/h9-11H,1-8H2,(H,15,21)(H,19,20). The van der Waals surface area contributed by atoms with Gasteiger partial charge in [0.05, 0.1) is 6.42 Å². The topological polar surface area (TPSA) is 89.9 Å². The number of nitrogens with zero attached hydrogens (tertiary/aromatic N) is 2. The van der Waals surface area contributed by atoms with Gasteiger partial charge in [0, 0.05) is 38.1 Å². The number of carboxylic acids is 1. The second kappa shape index (κ2) is 5.54. The van der Waals surface area contributed by atoms with Gasteiger partial charge in [-0.2, -0.15) is 0 Å². The lowest BCUT2D eigenvalue weighted by Crippen LogP contribution is -2.57. The molecule has 1 aliphatic carbocycles. The molecule has 0 bridgehead atoms. The maximum absolute atomic E-state index is 12.3. The van der Waals surface area contributed by atoms with E-state index in [1.54, 1.807) is 4.90 Å². The Kier molecular flexibility index (Phi) is 3.73. The van der Waals surface area contributed by atoms with Crippen molar-refractivity contribution in [2.45, 2.75) is 44.2 Å². The third-order valence-electron chi connectivity index (χ3n) is 4.68. The van der Waals surface area contributed by atoms with Gasteiger partial charge in [-0.25, -0.2) is 4.79 Å². The molecular weight excluding hydrogens is 274 g/mol. The summed E-state index contributed by atoms with van der Waals surface area (Å²) in [5.74, 6) is -0.389. The minimum absolute atomic E-state index is 0.0156. The summed E-state index contributed by atoms with van der Waals surface area (Å²) in [6.45, 7) is 1.67. The first kappa shape index (κ1) is 14.2. The van der Waals surface area contributed by atoms with Crippen molar-refractivity contribution in [3.8, 4) is 0 Å². The van der Waals surface area contributed by atoms with Crippen molar-refractivity contribution in [3.63, 3.8) is 0 Å². The highest BCUT2D eigenvalue weighted by atomic mass is 16.4. The Morgan fingerprint density at radius 2 is 2.05 bits per heavy atom. The molecule has 3 aliphatic rings. The molecule has 3 rings (SSSR count). The Morgan fingerprint density at radius 1 is 1.29 bits per heavy atom. The third-order valence-corrected chi connectivity index (χ3v) is 4.68. The van der Waals surface area contributed by atoms with Crippen molar-refractivity contribution in [2.24, 2.45) is 5.92 Å². The molecule has 2 heterocycles. The molecule has 21 heavy (non-hydrogen) atoms. The molecule has 7 nitrogen and oxygen atoms in total. The zero-order valence-corrected chi connectivity index (χ0v) is 12.0. The summed E-state index contributed by atoms with van der Waals surface area (Å²) in [4.78, 5) is 38.4. The summed E-state index contributed by atoms with van der Waals surface area (Å²) in [6.07, 6.45) is 3.35. The Labute approximate surface area is 123 Å². The molecule has 0 aromatic rings. The number of piperazine rings is 1. The van der Waals surface area contributed by atoms with Gasteiger partial charge in [0.1, 0.15) is 0 Å². The molecule has 2 aliphatic heterocycles. The van der Waals surface area contributed by atoms with Crippen LogP contribution in [-0.2, 0) is 9.59 Å². The predicted molar refractivity (Wildman–Crippen MR) is 73.6 cm³/mol. The van der Waals surface area contributed by atoms with Crippen LogP contribution in [-0.4, -0.2) is 64.5 Å². The van der Waals surface area contributed by atoms with Crippen molar-refractivity contribution in [1.29, 1.82) is 0 Å². The van der Waals surface area contributed by atoms with E-state index in [0.717, 1.165) is 19.3 Å². The highest BCUT2D eigenvalue weighted by Crippen LogP contribution is 2.34. The second-order valence-electron chi connectivity index (χ2n) is 6.22. The fourth-order valence-corrected chi connectivity index (χ4v) is 3.32. The number of urea groups is 1. The largest absolute Gasteiger partial charge is 0.481 e. The molecule has 2 saturated heterocycles. The first-order chi connectivity index (χ1) is 10.0. The maximum atomic E-state index is 12.3. The van der Waals surface area contributed by atoms with Gasteiger partial charge in [-0.15, -0.1) is 0 Å². The number of amides is 3. The zero-order valence-electron chi connectivity index (χ0n) is 12.0. The van der Waals surface area contributed by atoms with Gasteiger partial charge in [-0.1, -0.05) is 0 Å². The van der Waals surface area contributed by atoms with Gasteiger partial charge in [-0.3, -0.25) is 9.59 Å². The number of rotatable bonds is 4. The molecule has 0 aromatic heterocycles. The smallest absolute Gasteiger partial charge is 0.317 e. The molecule has 1 saturated carbocycles. The van der Waals surface area contributed by atoms with Crippen molar-refractivity contribution in [1.82, 2.24) is 15.1 Å². The minimum atomic E-state index is -0.876. The van der Waals surface area contributed by atoms with Gasteiger partial charge in [0.25, 0.3) is 0 Å². The van der Waals surface area contributed by atoms with E-state index in [0.29, 0.717) is 32.0 Å². The molecule has 3 amide bonds. The van der Waals surface area contributed by atoms with E-state index in [-0.39, 0.29) is 30.4 Å². The summed E-state index contributed by atoms with van der Waals surface area (Å²) in [5, 5.41) is 11.8. The fourth-order valence-electron chi connectivity index (χ4n) is 3.32. The van der Waals surface area contributed by atoms with Crippen LogP contribution in [0, 0.1) is 5.92 Å². The fraction of sp³-hybridized carbons (Fsp3) is 0.786. The van der Waals surface area contributed by atoms with Gasteiger partial charge < -0.3 is 20.2 Å². The summed E-state index contributed by atoms with van der Waals surface area (Å²) in [5.41, 5.74) is 0. The molecular formula is C14H21N3O4. The molecule has 2 N–H and O–H groups in total. The lowest BCUT2D eigenvalue weighted by atomic mass is 10.1. The summed E-state index contributed by atoms with van der Waals surface area (Å²) in [6, 6.07) is -0.318. The number of aliphatic carboxylic acids is 1. The number of fused-ring (bicyclic) bond motifs is 1. The van der Waals surface area contributed by atoms with E-state index in [1.807, 2.05) is 4.90 Å². The molecule has 3 fully saturated rings. The van der Waals surface area contributed by atoms with E-state index < -0.39 is 5.97 Å². The van der Waals surface area contributed by atoms with Crippen LogP contribution in [0.4, 0.5) is 4.79 Å². The lowest BCUT2D eigenvalue weighted by Gasteiger charge is -2.38. The molecule has 2 unspecified atom stereocenters. The Hall–Kier alpha value is -1.79. The average Bonchev–Trinajstić information content (AvgIpc) is 3.22. The van der Waals surface area contributed by atoms with Crippen molar-refractivity contribution in [3.05, 3.63) is 0 Å². The van der Waals surface area contributed by atoms with Crippen molar-refractivity contribution in [2.75, 3.05) is 19.6 Å². The van der Waals surface area contributed by atoms with Crippen LogP contribution in [0.25, 0.3) is 0 Å². The first-order valence-electron chi connectivity index (χ1n) is 7.61. The number of carbonyl (C=O) groups is 3. The van der Waals surface area contributed by atoms with Crippen LogP contribution < -0.4 is 5.32 Å². The van der Waals surface area contributed by atoms with Crippen molar-refractivity contribution < 1.29 is 19.5 Å². The van der Waals surface area contributed by atoms with Gasteiger partial charge >= 0.3 is 12.0 Å². The Bertz CT molecular complexity index is 463. The zero-order chi connectivity index (χ0) is 15.0. The lowest BCUT2D eigenvalue weighted by molar-refractivity contribution is -0.137. The molecule has 116 valence electrons. The average molecular weight is 295 g/mol. The normalized spacial score (nSPS) is 26.5. The van der Waals surface area contributed by atoms with Gasteiger partial charge in [0.15, 0.2) is 0 Å². The summed E-state index contributed by atoms with van der Waals surface area (Å²) in [7, 11) is 0. The highest BCUT2D eigenvalue weighted by Gasteiger charge is 2.39. The van der Waals surface area contributed by atoms with Crippen LogP contribution in [0.3, 0.4) is 0 Å². The Balaban J connectivity index is 1.55. The molecule has 0 spiro atoms. The summed E-state index contributed by atoms with van der Waals surface area (Å²) < 4.78 is 0. The van der Waals surface area contributed by atoms with Crippen LogP contribution in [0.15, 0.2) is 0 Å². The van der Waals surface area contributed by atoms with E-state index in [4.69, 9.17) is 5.11 Å². The quantitative estimate of drug-likeness (QED) is 0.778. The molecule has 0 radical (unpaired) electrons. The number of carboxylic acid groups (broad SMARTS) is 1. The van der Waals surface area contributed by atoms with E-state index in [9.17, 15) is 14.4 Å². The Morgan fingerprint density at radius 3 is 2.71 bits per heavy atom. The van der Waals surface area contributed by atoms with Crippen LogP contribution in [0.5, 0.6) is 0 Å². The SMILES string of the molecule is O=C(O)CC(NC(=O)N1CCN2C(=O)CCC2C1)C1CC1. The molecule has 2 atom stereocenters. The molecule has 0 aromatic carbocycles. The minimum Gasteiger partial charge on any atom is -0.481 e.